The molecule has 0 radical (unpaired) electrons. The van der Waals surface area contributed by atoms with Crippen molar-refractivity contribution in [2.45, 2.75) is 6.92 Å². The quantitative estimate of drug-likeness (QED) is 0.905. The van der Waals surface area contributed by atoms with Crippen LogP contribution in [0.25, 0.3) is 10.4 Å². The summed E-state index contributed by atoms with van der Waals surface area (Å²) in [5.74, 6) is 0.292. The number of benzene rings is 1. The molecule has 1 heterocycles. The first-order chi connectivity index (χ1) is 9.49. The van der Waals surface area contributed by atoms with Gasteiger partial charge in [-0.1, -0.05) is 0 Å². The first-order valence-corrected chi connectivity index (χ1v) is 6.65. The number of aromatic carboxylic acids is 1. The minimum absolute atomic E-state index is 0.141. The minimum atomic E-state index is -1.02. The summed E-state index contributed by atoms with van der Waals surface area (Å²) in [7, 11) is 3.14. The summed E-state index contributed by atoms with van der Waals surface area (Å²) in [4.78, 5) is 12.1. The first-order valence-electron chi connectivity index (χ1n) is 5.84. The highest BCUT2D eigenvalue weighted by molar-refractivity contribution is 7.18. The number of methoxy groups -OCH3 is 2. The Balaban J connectivity index is 2.67. The van der Waals surface area contributed by atoms with Crippen LogP contribution < -0.4 is 15.2 Å². The zero-order valence-corrected chi connectivity index (χ0v) is 12.2. The predicted molar refractivity (Wildman–Crippen MR) is 79.0 cm³/mol. The lowest BCUT2D eigenvalue weighted by Gasteiger charge is -2.10. The Bertz CT molecular complexity index is 663. The Morgan fingerprint density at radius 1 is 1.30 bits per heavy atom. The molecule has 6 heteroatoms. The number of carboxylic acids is 1. The van der Waals surface area contributed by atoms with Crippen LogP contribution in [-0.4, -0.2) is 25.3 Å². The second-order valence-electron chi connectivity index (χ2n) is 4.17. The molecule has 106 valence electrons. The molecule has 20 heavy (non-hydrogen) atoms. The first kappa shape index (κ1) is 14.2. The topological polar surface area (TPSA) is 81.8 Å². The number of ether oxygens (including phenoxy) is 2. The molecule has 2 aromatic rings. The van der Waals surface area contributed by atoms with Gasteiger partial charge in [0.15, 0.2) is 0 Å². The van der Waals surface area contributed by atoms with Gasteiger partial charge in [0.25, 0.3) is 0 Å². The summed E-state index contributed by atoms with van der Waals surface area (Å²) in [6, 6.07) is 5.37. The highest BCUT2D eigenvalue weighted by Gasteiger charge is 2.21. The van der Waals surface area contributed by atoms with E-state index in [0.29, 0.717) is 17.2 Å². The van der Waals surface area contributed by atoms with Gasteiger partial charge in [-0.2, -0.15) is 0 Å². The number of thiophene rings is 1. The molecule has 0 aliphatic heterocycles. The number of rotatable bonds is 4. The van der Waals surface area contributed by atoms with Crippen molar-refractivity contribution >= 4 is 23.0 Å². The highest BCUT2D eigenvalue weighted by atomic mass is 32.1. The van der Waals surface area contributed by atoms with Crippen LogP contribution in [0.15, 0.2) is 18.2 Å². The average Bonchev–Trinajstić information content (AvgIpc) is 2.74. The fourth-order valence-corrected chi connectivity index (χ4v) is 3.02. The van der Waals surface area contributed by atoms with Crippen LogP contribution in [0.1, 0.15) is 15.2 Å². The number of carboxylic acid groups (broad SMARTS) is 1. The number of hydrogen-bond acceptors (Lipinski definition) is 5. The molecule has 0 unspecified atom stereocenters. The van der Waals surface area contributed by atoms with E-state index in [0.717, 1.165) is 27.3 Å². The van der Waals surface area contributed by atoms with Crippen molar-refractivity contribution in [1.82, 2.24) is 0 Å². The molecule has 0 saturated carbocycles. The maximum Gasteiger partial charge on any atom is 0.348 e. The maximum atomic E-state index is 11.2. The van der Waals surface area contributed by atoms with E-state index < -0.39 is 5.97 Å². The van der Waals surface area contributed by atoms with Crippen LogP contribution in [-0.2, 0) is 0 Å². The van der Waals surface area contributed by atoms with E-state index in [1.165, 1.54) is 0 Å². The summed E-state index contributed by atoms with van der Waals surface area (Å²) >= 11 is 1.14. The Hall–Kier alpha value is -2.21. The van der Waals surface area contributed by atoms with E-state index >= 15 is 0 Å². The molecule has 0 bridgehead atoms. The van der Waals surface area contributed by atoms with E-state index in [-0.39, 0.29) is 4.88 Å². The zero-order chi connectivity index (χ0) is 14.9. The fraction of sp³-hybridized carbons (Fsp3) is 0.214. The lowest BCUT2D eigenvalue weighted by molar-refractivity contribution is 0.0703. The third-order valence-corrected chi connectivity index (χ3v) is 4.37. The average molecular weight is 293 g/mol. The Morgan fingerprint density at radius 3 is 2.50 bits per heavy atom. The van der Waals surface area contributed by atoms with E-state index in [9.17, 15) is 4.79 Å². The summed E-state index contributed by atoms with van der Waals surface area (Å²) in [5.41, 5.74) is 7.66. The number of nitrogen functional groups attached to an aromatic ring is 1. The van der Waals surface area contributed by atoms with Crippen LogP contribution >= 0.6 is 11.3 Å². The van der Waals surface area contributed by atoms with Gasteiger partial charge in [0.1, 0.15) is 16.4 Å². The molecule has 3 N–H and O–H groups in total. The number of nitrogens with two attached hydrogens (primary N) is 1. The molecular formula is C14H15NO4S. The normalized spacial score (nSPS) is 10.3. The largest absolute Gasteiger partial charge is 0.497 e. The Labute approximate surface area is 120 Å². The molecule has 1 aromatic carbocycles. The molecule has 0 saturated heterocycles. The summed E-state index contributed by atoms with van der Waals surface area (Å²) < 4.78 is 10.5. The third-order valence-electron chi connectivity index (χ3n) is 3.04. The van der Waals surface area contributed by atoms with Crippen LogP contribution in [0, 0.1) is 6.92 Å². The summed E-state index contributed by atoms with van der Waals surface area (Å²) in [6.45, 7) is 1.80. The second kappa shape index (κ2) is 5.42. The van der Waals surface area contributed by atoms with Gasteiger partial charge in [0, 0.05) is 10.4 Å². The Kier molecular flexibility index (Phi) is 3.85. The molecule has 0 spiro atoms. The lowest BCUT2D eigenvalue weighted by Crippen LogP contribution is -1.97. The monoisotopic (exact) mass is 293 g/mol. The predicted octanol–water partition coefficient (Wildman–Crippen LogP) is 3.02. The lowest BCUT2D eigenvalue weighted by atomic mass is 10.1. The maximum absolute atomic E-state index is 11.2. The van der Waals surface area contributed by atoms with Crippen LogP contribution in [0.4, 0.5) is 5.69 Å². The van der Waals surface area contributed by atoms with Crippen molar-refractivity contribution in [2.24, 2.45) is 0 Å². The standard InChI is InChI=1S/C14H15NO4S/c1-7-11(15)13(14(16)17)20-12(7)9-6-8(18-2)4-5-10(9)19-3/h4-6H,15H2,1-3H3,(H,16,17). The second-order valence-corrected chi connectivity index (χ2v) is 5.19. The molecular weight excluding hydrogens is 278 g/mol. The van der Waals surface area contributed by atoms with Crippen LogP contribution in [0.2, 0.25) is 0 Å². The van der Waals surface area contributed by atoms with Gasteiger partial charge in [-0.05, 0) is 30.7 Å². The van der Waals surface area contributed by atoms with Crippen molar-refractivity contribution in [3.05, 3.63) is 28.6 Å². The van der Waals surface area contributed by atoms with Crippen molar-refractivity contribution in [3.63, 3.8) is 0 Å². The summed E-state index contributed by atoms with van der Waals surface area (Å²) in [5, 5.41) is 9.15. The van der Waals surface area contributed by atoms with Crippen molar-refractivity contribution < 1.29 is 19.4 Å². The molecule has 5 nitrogen and oxygen atoms in total. The van der Waals surface area contributed by atoms with Crippen molar-refractivity contribution in [1.29, 1.82) is 0 Å². The van der Waals surface area contributed by atoms with Gasteiger partial charge in [0.2, 0.25) is 0 Å². The SMILES string of the molecule is COc1ccc(OC)c(-c2sc(C(=O)O)c(N)c2C)c1. The highest BCUT2D eigenvalue weighted by Crippen LogP contribution is 2.43. The van der Waals surface area contributed by atoms with E-state index in [2.05, 4.69) is 0 Å². The van der Waals surface area contributed by atoms with E-state index in [1.54, 1.807) is 33.3 Å². The number of hydrogen-bond donors (Lipinski definition) is 2. The molecule has 0 aliphatic carbocycles. The van der Waals surface area contributed by atoms with Gasteiger partial charge in [-0.25, -0.2) is 4.79 Å². The van der Waals surface area contributed by atoms with Gasteiger partial charge >= 0.3 is 5.97 Å². The number of anilines is 1. The van der Waals surface area contributed by atoms with Gasteiger partial charge in [0.05, 0.1) is 19.9 Å². The van der Waals surface area contributed by atoms with Gasteiger partial charge < -0.3 is 20.3 Å². The zero-order valence-electron chi connectivity index (χ0n) is 11.4. The molecule has 0 aliphatic rings. The number of carbonyl (C=O) groups is 1. The molecule has 0 fully saturated rings. The smallest absolute Gasteiger partial charge is 0.348 e. The van der Waals surface area contributed by atoms with Crippen LogP contribution in [0.5, 0.6) is 11.5 Å². The summed E-state index contributed by atoms with van der Waals surface area (Å²) in [6.07, 6.45) is 0. The van der Waals surface area contributed by atoms with Crippen LogP contribution in [0.3, 0.4) is 0 Å². The van der Waals surface area contributed by atoms with E-state index in [4.69, 9.17) is 20.3 Å². The molecule has 0 atom stereocenters. The third kappa shape index (κ3) is 2.30. The minimum Gasteiger partial charge on any atom is -0.497 e. The van der Waals surface area contributed by atoms with Crippen molar-refractivity contribution in [2.75, 3.05) is 20.0 Å². The van der Waals surface area contributed by atoms with Crippen molar-refractivity contribution in [3.8, 4) is 21.9 Å². The molecule has 2 rings (SSSR count). The van der Waals surface area contributed by atoms with Gasteiger partial charge in [-0.3, -0.25) is 0 Å². The molecule has 1 aromatic heterocycles. The molecule has 0 amide bonds. The Morgan fingerprint density at radius 2 is 2.00 bits per heavy atom. The fourth-order valence-electron chi connectivity index (χ4n) is 1.93. The van der Waals surface area contributed by atoms with E-state index in [1.807, 2.05) is 6.07 Å². The van der Waals surface area contributed by atoms with Gasteiger partial charge in [-0.15, -0.1) is 11.3 Å².